The topological polar surface area (TPSA) is 57.8 Å². The van der Waals surface area contributed by atoms with Crippen molar-refractivity contribution in [3.63, 3.8) is 0 Å². The number of carbonyl (C=O) groups is 1. The van der Waals surface area contributed by atoms with Crippen molar-refractivity contribution >= 4 is 5.91 Å². The summed E-state index contributed by atoms with van der Waals surface area (Å²) < 4.78 is 0. The molecule has 2 rings (SSSR count). The molecule has 22 heavy (non-hydrogen) atoms. The van der Waals surface area contributed by atoms with Crippen LogP contribution in [0.15, 0.2) is 55.1 Å². The second-order valence-electron chi connectivity index (χ2n) is 5.23. The Balaban J connectivity index is 2.17. The summed E-state index contributed by atoms with van der Waals surface area (Å²) in [4.78, 5) is 19.5. The Morgan fingerprint density at radius 1 is 1.36 bits per heavy atom. The summed E-state index contributed by atoms with van der Waals surface area (Å²) in [6, 6.07) is 10.1. The maximum Gasteiger partial charge on any atom is 0.246 e. The van der Waals surface area contributed by atoms with E-state index in [9.17, 15) is 4.79 Å². The van der Waals surface area contributed by atoms with Crippen molar-refractivity contribution in [2.75, 3.05) is 0 Å². The molecule has 2 aromatic rings. The van der Waals surface area contributed by atoms with Gasteiger partial charge in [0.15, 0.2) is 0 Å². The van der Waals surface area contributed by atoms with Gasteiger partial charge in [0.05, 0.1) is 17.9 Å². The Kier molecular flexibility index (Phi) is 5.31. The normalized spacial score (nSPS) is 10.2. The van der Waals surface area contributed by atoms with Crippen LogP contribution in [0.3, 0.4) is 0 Å². The van der Waals surface area contributed by atoms with E-state index in [-0.39, 0.29) is 5.91 Å². The van der Waals surface area contributed by atoms with E-state index in [1.54, 1.807) is 13.0 Å². The van der Waals surface area contributed by atoms with E-state index in [1.807, 2.05) is 18.2 Å². The number of aromatic nitrogens is 2. The summed E-state index contributed by atoms with van der Waals surface area (Å²) in [5, 5.41) is 2.84. The smallest absolute Gasteiger partial charge is 0.246 e. The number of aromatic amines is 1. The van der Waals surface area contributed by atoms with Crippen LogP contribution >= 0.6 is 0 Å². The fourth-order valence-corrected chi connectivity index (χ4v) is 2.14. The van der Waals surface area contributed by atoms with Crippen LogP contribution in [0, 0.1) is 0 Å². The van der Waals surface area contributed by atoms with Crippen LogP contribution in [0.1, 0.15) is 29.7 Å². The fourth-order valence-electron chi connectivity index (χ4n) is 2.14. The third kappa shape index (κ3) is 4.19. The van der Waals surface area contributed by atoms with Gasteiger partial charge >= 0.3 is 0 Å². The molecule has 4 heteroatoms. The molecule has 0 saturated carbocycles. The third-order valence-corrected chi connectivity index (χ3v) is 3.28. The van der Waals surface area contributed by atoms with E-state index in [4.69, 9.17) is 0 Å². The Labute approximate surface area is 131 Å². The summed E-state index contributed by atoms with van der Waals surface area (Å²) in [5.74, 6) is 0.714. The van der Waals surface area contributed by atoms with Crippen molar-refractivity contribution < 1.29 is 4.79 Å². The van der Waals surface area contributed by atoms with E-state index in [1.165, 1.54) is 5.56 Å². The van der Waals surface area contributed by atoms with Crippen LogP contribution in [0.5, 0.6) is 0 Å². The predicted octanol–water partition coefficient (Wildman–Crippen LogP) is 2.92. The molecular weight excluding hydrogens is 274 g/mol. The summed E-state index contributed by atoms with van der Waals surface area (Å²) in [5.41, 5.74) is 3.56. The van der Waals surface area contributed by atoms with Gasteiger partial charge in [-0.3, -0.25) is 4.79 Å². The van der Waals surface area contributed by atoms with Gasteiger partial charge in [-0.25, -0.2) is 4.98 Å². The highest BCUT2D eigenvalue weighted by Crippen LogP contribution is 2.13. The molecule has 0 aliphatic heterocycles. The predicted molar refractivity (Wildman–Crippen MR) is 88.4 cm³/mol. The molecule has 0 aliphatic carbocycles. The highest BCUT2D eigenvalue weighted by Gasteiger charge is 2.11. The number of imidazole rings is 1. The third-order valence-electron chi connectivity index (χ3n) is 3.28. The minimum atomic E-state index is -0.148. The monoisotopic (exact) mass is 295 g/mol. The molecule has 0 unspecified atom stereocenters. The number of rotatable bonds is 7. The first-order valence-corrected chi connectivity index (χ1v) is 7.25. The quantitative estimate of drug-likeness (QED) is 0.609. The van der Waals surface area contributed by atoms with Gasteiger partial charge in [0.2, 0.25) is 5.91 Å². The molecule has 4 nitrogen and oxygen atoms in total. The summed E-state index contributed by atoms with van der Waals surface area (Å²) in [6.45, 7) is 9.48. The van der Waals surface area contributed by atoms with E-state index in [2.05, 4.69) is 40.6 Å². The second kappa shape index (κ2) is 7.41. The zero-order valence-electron chi connectivity index (χ0n) is 12.9. The van der Waals surface area contributed by atoms with Crippen molar-refractivity contribution in [3.8, 4) is 0 Å². The highest BCUT2D eigenvalue weighted by atomic mass is 16.1. The van der Waals surface area contributed by atoms with Crippen molar-refractivity contribution in [3.05, 3.63) is 77.9 Å². The number of carbonyl (C=O) groups excluding carboxylic acids is 1. The Morgan fingerprint density at radius 3 is 2.73 bits per heavy atom. The van der Waals surface area contributed by atoms with Crippen molar-refractivity contribution in [1.82, 2.24) is 15.3 Å². The van der Waals surface area contributed by atoms with Gasteiger partial charge in [0.1, 0.15) is 5.82 Å². The Hall–Kier alpha value is -2.62. The molecule has 0 spiro atoms. The standard InChI is InChI=1S/C18H21N3O/c1-4-8-17-20-15(11-14-9-6-5-7-10-14)16(21-17)12-19-18(22)13(2)3/h4-7,9-10H,1-2,8,11-12H2,3H3,(H,19,22)(H,20,21). The Morgan fingerprint density at radius 2 is 2.09 bits per heavy atom. The molecule has 1 aromatic carbocycles. The van der Waals surface area contributed by atoms with Crippen LogP contribution in [0.2, 0.25) is 0 Å². The lowest BCUT2D eigenvalue weighted by atomic mass is 10.1. The largest absolute Gasteiger partial charge is 0.347 e. The van der Waals surface area contributed by atoms with Crippen LogP contribution < -0.4 is 5.32 Å². The molecule has 0 radical (unpaired) electrons. The van der Waals surface area contributed by atoms with Crippen molar-refractivity contribution in [1.29, 1.82) is 0 Å². The molecule has 0 fully saturated rings. The van der Waals surface area contributed by atoms with E-state index >= 15 is 0 Å². The van der Waals surface area contributed by atoms with Gasteiger partial charge in [-0.15, -0.1) is 6.58 Å². The molecule has 0 saturated heterocycles. The minimum absolute atomic E-state index is 0.148. The maximum absolute atomic E-state index is 11.7. The molecule has 0 atom stereocenters. The molecule has 1 heterocycles. The van der Waals surface area contributed by atoms with Crippen LogP contribution in [-0.4, -0.2) is 15.9 Å². The molecule has 2 N–H and O–H groups in total. The minimum Gasteiger partial charge on any atom is -0.347 e. The van der Waals surface area contributed by atoms with Gasteiger partial charge in [0.25, 0.3) is 0 Å². The highest BCUT2D eigenvalue weighted by molar-refractivity contribution is 5.91. The first-order chi connectivity index (χ1) is 10.6. The lowest BCUT2D eigenvalue weighted by molar-refractivity contribution is -0.117. The van der Waals surface area contributed by atoms with Gasteiger partial charge in [0, 0.05) is 18.4 Å². The zero-order valence-corrected chi connectivity index (χ0v) is 12.9. The first-order valence-electron chi connectivity index (χ1n) is 7.25. The van der Waals surface area contributed by atoms with Crippen LogP contribution in [-0.2, 0) is 24.2 Å². The average Bonchev–Trinajstić information content (AvgIpc) is 2.88. The number of amides is 1. The van der Waals surface area contributed by atoms with Crippen LogP contribution in [0.4, 0.5) is 0 Å². The number of benzene rings is 1. The van der Waals surface area contributed by atoms with E-state index in [0.29, 0.717) is 18.5 Å². The van der Waals surface area contributed by atoms with Crippen LogP contribution in [0.25, 0.3) is 0 Å². The van der Waals surface area contributed by atoms with E-state index < -0.39 is 0 Å². The zero-order chi connectivity index (χ0) is 15.9. The number of allylic oxidation sites excluding steroid dienone is 1. The van der Waals surface area contributed by atoms with Gasteiger partial charge in [-0.2, -0.15) is 0 Å². The molecule has 1 aromatic heterocycles. The Bertz CT molecular complexity index is 671. The number of hydrogen-bond donors (Lipinski definition) is 2. The summed E-state index contributed by atoms with van der Waals surface area (Å²) in [6.07, 6.45) is 3.21. The molecular formula is C18H21N3O. The average molecular weight is 295 g/mol. The SMILES string of the molecule is C=CCc1nc(Cc2ccccc2)c(CNC(=O)C(=C)C)[nH]1. The van der Waals surface area contributed by atoms with Gasteiger partial charge in [-0.1, -0.05) is 43.0 Å². The molecule has 0 aliphatic rings. The van der Waals surface area contributed by atoms with Gasteiger partial charge in [-0.05, 0) is 12.5 Å². The maximum atomic E-state index is 11.7. The molecule has 114 valence electrons. The summed E-state index contributed by atoms with van der Waals surface area (Å²) >= 11 is 0. The lowest BCUT2D eigenvalue weighted by Gasteiger charge is -2.05. The second-order valence-corrected chi connectivity index (χ2v) is 5.23. The van der Waals surface area contributed by atoms with Gasteiger partial charge < -0.3 is 10.3 Å². The number of nitrogens with zero attached hydrogens (tertiary/aromatic N) is 1. The number of nitrogens with one attached hydrogen (secondary N) is 2. The lowest BCUT2D eigenvalue weighted by Crippen LogP contribution is -2.23. The number of hydrogen-bond acceptors (Lipinski definition) is 2. The molecule has 0 bridgehead atoms. The molecule has 1 amide bonds. The summed E-state index contributed by atoms with van der Waals surface area (Å²) in [7, 11) is 0. The van der Waals surface area contributed by atoms with Crippen molar-refractivity contribution in [2.24, 2.45) is 0 Å². The first kappa shape index (κ1) is 15.8. The number of H-pyrrole nitrogens is 1. The van der Waals surface area contributed by atoms with E-state index in [0.717, 1.165) is 23.6 Å². The van der Waals surface area contributed by atoms with Crippen molar-refractivity contribution in [2.45, 2.75) is 26.3 Å². The fraction of sp³-hybridized carbons (Fsp3) is 0.222.